The van der Waals surface area contributed by atoms with Crippen LogP contribution in [0, 0.1) is 11.6 Å². The van der Waals surface area contributed by atoms with Gasteiger partial charge in [-0.25, -0.2) is 8.78 Å². The van der Waals surface area contributed by atoms with Crippen molar-refractivity contribution in [1.82, 2.24) is 0 Å². The zero-order valence-electron chi connectivity index (χ0n) is 9.68. The van der Waals surface area contributed by atoms with Gasteiger partial charge in [-0.15, -0.1) is 0 Å². The molecule has 1 saturated heterocycles. The summed E-state index contributed by atoms with van der Waals surface area (Å²) in [7, 11) is 0. The van der Waals surface area contributed by atoms with Crippen LogP contribution in [0.25, 0.3) is 0 Å². The van der Waals surface area contributed by atoms with E-state index in [-0.39, 0.29) is 0 Å². The van der Waals surface area contributed by atoms with Crippen molar-refractivity contribution in [2.24, 2.45) is 0 Å². The van der Waals surface area contributed by atoms with Crippen molar-refractivity contribution in [3.05, 3.63) is 23.8 Å². The SMILES string of the molecule is Fc1ccc2c(c1F)N1CCCCCC1CN2. The molecule has 0 aliphatic carbocycles. The van der Waals surface area contributed by atoms with Crippen LogP contribution in [0.4, 0.5) is 20.2 Å². The molecule has 1 N–H and O–H groups in total. The van der Waals surface area contributed by atoms with Gasteiger partial charge in [0.15, 0.2) is 11.6 Å². The first-order valence-electron chi connectivity index (χ1n) is 6.26. The van der Waals surface area contributed by atoms with Gasteiger partial charge in [-0.1, -0.05) is 12.8 Å². The molecule has 92 valence electrons. The van der Waals surface area contributed by atoms with Crippen LogP contribution in [0.15, 0.2) is 12.1 Å². The number of benzene rings is 1. The zero-order valence-corrected chi connectivity index (χ0v) is 9.68. The zero-order chi connectivity index (χ0) is 11.8. The Hall–Kier alpha value is -1.32. The summed E-state index contributed by atoms with van der Waals surface area (Å²) in [6.07, 6.45) is 4.47. The van der Waals surface area contributed by atoms with Crippen LogP contribution in [0.3, 0.4) is 0 Å². The van der Waals surface area contributed by atoms with Gasteiger partial charge in [0.1, 0.15) is 0 Å². The Bertz CT molecular complexity index is 434. The highest BCUT2D eigenvalue weighted by Gasteiger charge is 2.30. The fraction of sp³-hybridized carbons (Fsp3) is 0.538. The number of hydrogen-bond donors (Lipinski definition) is 1. The monoisotopic (exact) mass is 238 g/mol. The number of rotatable bonds is 0. The van der Waals surface area contributed by atoms with Gasteiger partial charge in [0.25, 0.3) is 0 Å². The molecule has 0 bridgehead atoms. The number of nitrogens with one attached hydrogen (secondary N) is 1. The van der Waals surface area contributed by atoms with Gasteiger partial charge in [0.05, 0.1) is 11.4 Å². The maximum atomic E-state index is 13.9. The number of hydrogen-bond acceptors (Lipinski definition) is 2. The Kier molecular flexibility index (Phi) is 2.65. The third-order valence-corrected chi connectivity index (χ3v) is 3.76. The van der Waals surface area contributed by atoms with Gasteiger partial charge in [0, 0.05) is 19.1 Å². The van der Waals surface area contributed by atoms with Gasteiger partial charge < -0.3 is 10.2 Å². The van der Waals surface area contributed by atoms with Gasteiger partial charge in [0.2, 0.25) is 0 Å². The molecular weight excluding hydrogens is 222 g/mol. The van der Waals surface area contributed by atoms with Crippen molar-refractivity contribution in [3.8, 4) is 0 Å². The highest BCUT2D eigenvalue weighted by molar-refractivity contribution is 5.73. The molecule has 0 saturated carbocycles. The van der Waals surface area contributed by atoms with Crippen LogP contribution < -0.4 is 10.2 Å². The molecule has 1 unspecified atom stereocenters. The maximum Gasteiger partial charge on any atom is 0.184 e. The summed E-state index contributed by atoms with van der Waals surface area (Å²) in [5, 5.41) is 3.21. The molecule has 0 amide bonds. The van der Waals surface area contributed by atoms with Crippen LogP contribution in [-0.2, 0) is 0 Å². The van der Waals surface area contributed by atoms with Crippen LogP contribution in [-0.4, -0.2) is 19.1 Å². The molecule has 1 atom stereocenters. The molecule has 2 heterocycles. The van der Waals surface area contributed by atoms with Crippen molar-refractivity contribution in [2.75, 3.05) is 23.3 Å². The lowest BCUT2D eigenvalue weighted by Crippen LogP contribution is -2.44. The third kappa shape index (κ3) is 1.75. The largest absolute Gasteiger partial charge is 0.381 e. The van der Waals surface area contributed by atoms with Crippen molar-refractivity contribution in [3.63, 3.8) is 0 Å². The normalized spacial score (nSPS) is 23.4. The highest BCUT2D eigenvalue weighted by Crippen LogP contribution is 2.37. The molecule has 1 fully saturated rings. The molecule has 0 aromatic heterocycles. The van der Waals surface area contributed by atoms with Gasteiger partial charge in [-0.2, -0.15) is 0 Å². The van der Waals surface area contributed by atoms with Crippen LogP contribution in [0.2, 0.25) is 0 Å². The molecular formula is C13H16F2N2. The Balaban J connectivity index is 2.06. The molecule has 0 spiro atoms. The van der Waals surface area contributed by atoms with Crippen molar-refractivity contribution in [2.45, 2.75) is 31.7 Å². The number of anilines is 2. The average Bonchev–Trinajstić information content (AvgIpc) is 2.58. The van der Waals surface area contributed by atoms with Gasteiger partial charge >= 0.3 is 0 Å². The first-order valence-corrected chi connectivity index (χ1v) is 6.26. The predicted octanol–water partition coefficient (Wildman–Crippen LogP) is 3.14. The highest BCUT2D eigenvalue weighted by atomic mass is 19.2. The lowest BCUT2D eigenvalue weighted by Gasteiger charge is -2.38. The molecule has 0 radical (unpaired) electrons. The van der Waals surface area contributed by atoms with Crippen LogP contribution in [0.1, 0.15) is 25.7 Å². The fourth-order valence-electron chi connectivity index (χ4n) is 2.88. The smallest absolute Gasteiger partial charge is 0.184 e. The molecule has 2 aliphatic rings. The lowest BCUT2D eigenvalue weighted by atomic mass is 10.1. The summed E-state index contributed by atoms with van der Waals surface area (Å²) in [5.41, 5.74) is 1.16. The summed E-state index contributed by atoms with van der Waals surface area (Å²) in [4.78, 5) is 2.05. The summed E-state index contributed by atoms with van der Waals surface area (Å²) < 4.78 is 27.3. The molecule has 3 rings (SSSR count). The Morgan fingerprint density at radius 3 is 2.94 bits per heavy atom. The van der Waals surface area contributed by atoms with Crippen molar-refractivity contribution < 1.29 is 8.78 Å². The van der Waals surface area contributed by atoms with E-state index in [2.05, 4.69) is 10.2 Å². The summed E-state index contributed by atoms with van der Waals surface area (Å²) >= 11 is 0. The quantitative estimate of drug-likeness (QED) is 0.747. The average molecular weight is 238 g/mol. The summed E-state index contributed by atoms with van der Waals surface area (Å²) in [6, 6.07) is 3.13. The van der Waals surface area contributed by atoms with E-state index < -0.39 is 11.6 Å². The second-order valence-electron chi connectivity index (χ2n) is 4.83. The van der Waals surface area contributed by atoms with E-state index in [0.29, 0.717) is 11.7 Å². The molecule has 17 heavy (non-hydrogen) atoms. The molecule has 2 nitrogen and oxygen atoms in total. The van der Waals surface area contributed by atoms with E-state index in [4.69, 9.17) is 0 Å². The topological polar surface area (TPSA) is 15.3 Å². The molecule has 1 aromatic carbocycles. The second kappa shape index (κ2) is 4.17. The van der Waals surface area contributed by atoms with E-state index in [0.717, 1.165) is 31.6 Å². The number of nitrogens with zero attached hydrogens (tertiary/aromatic N) is 1. The predicted molar refractivity (Wildman–Crippen MR) is 64.4 cm³/mol. The minimum absolute atomic E-state index is 0.307. The lowest BCUT2D eigenvalue weighted by molar-refractivity contribution is 0.494. The maximum absolute atomic E-state index is 13.9. The first-order chi connectivity index (χ1) is 8.27. The summed E-state index contributed by atoms with van der Waals surface area (Å²) in [5.74, 6) is -1.46. The van der Waals surface area contributed by atoms with E-state index >= 15 is 0 Å². The van der Waals surface area contributed by atoms with Gasteiger partial charge in [-0.3, -0.25) is 0 Å². The van der Waals surface area contributed by atoms with E-state index in [9.17, 15) is 8.78 Å². The first kappa shape index (κ1) is 10.8. The fourth-order valence-corrected chi connectivity index (χ4v) is 2.88. The van der Waals surface area contributed by atoms with E-state index in [1.807, 2.05) is 0 Å². The van der Waals surface area contributed by atoms with Gasteiger partial charge in [-0.05, 0) is 25.0 Å². The molecule has 1 aromatic rings. The van der Waals surface area contributed by atoms with Crippen LogP contribution in [0.5, 0.6) is 0 Å². The van der Waals surface area contributed by atoms with E-state index in [1.54, 1.807) is 6.07 Å². The number of halogens is 2. The van der Waals surface area contributed by atoms with E-state index in [1.165, 1.54) is 18.9 Å². The van der Waals surface area contributed by atoms with Crippen molar-refractivity contribution >= 4 is 11.4 Å². The minimum Gasteiger partial charge on any atom is -0.381 e. The molecule has 2 aliphatic heterocycles. The minimum atomic E-state index is -0.754. The van der Waals surface area contributed by atoms with Crippen LogP contribution >= 0.6 is 0 Å². The second-order valence-corrected chi connectivity index (χ2v) is 4.83. The Labute approximate surface area is 99.6 Å². The summed E-state index contributed by atoms with van der Waals surface area (Å²) in [6.45, 7) is 1.66. The Morgan fingerprint density at radius 2 is 2.06 bits per heavy atom. The third-order valence-electron chi connectivity index (χ3n) is 3.76. The standard InChI is InChI=1S/C13H16F2N2/c14-10-5-6-11-13(12(10)15)17-7-3-1-2-4-9(17)8-16-11/h5-6,9,16H,1-4,7-8H2. The Morgan fingerprint density at radius 1 is 1.18 bits per heavy atom. The molecule has 4 heteroatoms. The van der Waals surface area contributed by atoms with Crippen molar-refractivity contribution in [1.29, 1.82) is 0 Å². The number of fused-ring (bicyclic) bond motifs is 3.